The van der Waals surface area contributed by atoms with E-state index in [1.807, 2.05) is 13.8 Å². The van der Waals surface area contributed by atoms with E-state index < -0.39 is 0 Å². The minimum atomic E-state index is -0.283. The maximum atomic E-state index is 12.3. The van der Waals surface area contributed by atoms with E-state index in [0.29, 0.717) is 12.8 Å². The van der Waals surface area contributed by atoms with E-state index in [2.05, 4.69) is 34.0 Å². The van der Waals surface area contributed by atoms with Crippen molar-refractivity contribution in [1.29, 1.82) is 0 Å². The largest absolute Gasteiger partial charge is 0.455 e. The van der Waals surface area contributed by atoms with E-state index in [1.165, 1.54) is 10.4 Å². The molecule has 3 rings (SSSR count). The lowest BCUT2D eigenvalue weighted by atomic mass is 9.97. The van der Waals surface area contributed by atoms with Crippen LogP contribution in [-0.4, -0.2) is 47.6 Å². The summed E-state index contributed by atoms with van der Waals surface area (Å²) in [6.07, 6.45) is 3.85. The molecule has 2 aromatic rings. The highest BCUT2D eigenvalue weighted by molar-refractivity contribution is 7.18. The van der Waals surface area contributed by atoms with Gasteiger partial charge in [0, 0.05) is 24.0 Å². The second-order valence-electron chi connectivity index (χ2n) is 7.41. The summed E-state index contributed by atoms with van der Waals surface area (Å²) in [5.74, 6) is 0.253. The number of ether oxygens (including phenoxy) is 1. The smallest absolute Gasteiger partial charge is 0.309 e. The van der Waals surface area contributed by atoms with Crippen molar-refractivity contribution in [2.45, 2.75) is 53.0 Å². The number of aromatic nitrogens is 2. The zero-order chi connectivity index (χ0) is 20.3. The first-order chi connectivity index (χ1) is 13.4. The lowest BCUT2D eigenvalue weighted by Gasteiger charge is -2.32. The van der Waals surface area contributed by atoms with Gasteiger partial charge in [-0.15, -0.1) is 11.3 Å². The number of anilines is 1. The number of rotatable bonds is 6. The molecule has 1 aliphatic heterocycles. The molecular formula is C20H28N4O3S. The number of carbonyl (C=O) groups excluding carboxylic acids is 2. The molecule has 1 atom stereocenters. The monoisotopic (exact) mass is 404 g/mol. The summed E-state index contributed by atoms with van der Waals surface area (Å²) in [5, 5.41) is 3.92. The third-order valence-corrected chi connectivity index (χ3v) is 6.55. The van der Waals surface area contributed by atoms with Crippen molar-refractivity contribution in [3.05, 3.63) is 16.8 Å². The second-order valence-corrected chi connectivity index (χ2v) is 8.61. The number of hydrogen-bond acceptors (Lipinski definition) is 7. The lowest BCUT2D eigenvalue weighted by molar-refractivity contribution is -0.153. The van der Waals surface area contributed by atoms with Crippen LogP contribution in [0.1, 0.15) is 43.6 Å². The first kappa shape index (κ1) is 20.5. The van der Waals surface area contributed by atoms with Crippen molar-refractivity contribution in [3.63, 3.8) is 0 Å². The van der Waals surface area contributed by atoms with Crippen LogP contribution in [-0.2, 0) is 14.3 Å². The fourth-order valence-electron chi connectivity index (χ4n) is 3.40. The van der Waals surface area contributed by atoms with Crippen LogP contribution in [0.15, 0.2) is 6.33 Å². The molecule has 28 heavy (non-hydrogen) atoms. The maximum absolute atomic E-state index is 12.3. The Kier molecular flexibility index (Phi) is 6.49. The molecule has 3 heterocycles. The number of thiophene rings is 1. The molecule has 0 bridgehead atoms. The molecule has 1 N–H and O–H groups in total. The van der Waals surface area contributed by atoms with Gasteiger partial charge < -0.3 is 15.0 Å². The number of aryl methyl sites for hydroxylation is 2. The van der Waals surface area contributed by atoms with Gasteiger partial charge in [0.2, 0.25) is 0 Å². The fraction of sp³-hybridized carbons (Fsp3) is 0.600. The summed E-state index contributed by atoms with van der Waals surface area (Å²) in [5.41, 5.74) is 1.23. The Morgan fingerprint density at radius 1 is 1.32 bits per heavy atom. The minimum Gasteiger partial charge on any atom is -0.455 e. The molecule has 7 nitrogen and oxygen atoms in total. The minimum absolute atomic E-state index is 0.0864. The molecule has 8 heteroatoms. The zero-order valence-corrected chi connectivity index (χ0v) is 17.8. The SMILES string of the molecule is CC[C@H](C)NC(=O)COC(=O)C1CCN(c2ncnc3sc(C)c(C)c23)CC1. The van der Waals surface area contributed by atoms with Gasteiger partial charge in [0.25, 0.3) is 5.91 Å². The first-order valence-electron chi connectivity index (χ1n) is 9.82. The van der Waals surface area contributed by atoms with Crippen LogP contribution in [0.25, 0.3) is 10.2 Å². The highest BCUT2D eigenvalue weighted by Gasteiger charge is 2.28. The van der Waals surface area contributed by atoms with Crippen molar-refractivity contribution >= 4 is 39.2 Å². The van der Waals surface area contributed by atoms with Gasteiger partial charge in [-0.1, -0.05) is 6.92 Å². The van der Waals surface area contributed by atoms with Gasteiger partial charge in [0.05, 0.1) is 11.3 Å². The van der Waals surface area contributed by atoms with E-state index >= 15 is 0 Å². The van der Waals surface area contributed by atoms with E-state index in [1.54, 1.807) is 17.7 Å². The molecule has 1 saturated heterocycles. The molecule has 1 fully saturated rings. The van der Waals surface area contributed by atoms with Gasteiger partial charge in [-0.25, -0.2) is 9.97 Å². The zero-order valence-electron chi connectivity index (χ0n) is 16.9. The van der Waals surface area contributed by atoms with Crippen molar-refractivity contribution in [2.75, 3.05) is 24.6 Å². The van der Waals surface area contributed by atoms with Crippen molar-refractivity contribution in [2.24, 2.45) is 5.92 Å². The van der Waals surface area contributed by atoms with Crippen LogP contribution in [0.3, 0.4) is 0 Å². The Balaban J connectivity index is 1.56. The first-order valence-corrected chi connectivity index (χ1v) is 10.6. The standard InChI is InChI=1S/C20H28N4O3S/c1-5-12(2)23-16(25)10-27-20(26)15-6-8-24(9-7-15)18-17-13(3)14(4)28-19(17)22-11-21-18/h11-12,15H,5-10H2,1-4H3,(H,23,25)/t12-/m0/s1. The maximum Gasteiger partial charge on any atom is 0.309 e. The Labute approximate surface area is 169 Å². The predicted molar refractivity (Wildman–Crippen MR) is 111 cm³/mol. The second kappa shape index (κ2) is 8.86. The summed E-state index contributed by atoms with van der Waals surface area (Å²) in [7, 11) is 0. The van der Waals surface area contributed by atoms with E-state index in [4.69, 9.17) is 4.74 Å². The topological polar surface area (TPSA) is 84.4 Å². The molecule has 152 valence electrons. The molecule has 0 aromatic carbocycles. The molecule has 0 aliphatic carbocycles. The summed E-state index contributed by atoms with van der Waals surface area (Å²) >= 11 is 1.69. The predicted octanol–water partition coefficient (Wildman–Crippen LogP) is 2.98. The molecule has 0 spiro atoms. The van der Waals surface area contributed by atoms with Gasteiger partial charge in [-0.3, -0.25) is 9.59 Å². The van der Waals surface area contributed by atoms with E-state index in [0.717, 1.165) is 35.5 Å². The molecule has 0 radical (unpaired) electrons. The molecule has 1 aliphatic rings. The van der Waals surface area contributed by atoms with Crippen molar-refractivity contribution in [1.82, 2.24) is 15.3 Å². The van der Waals surface area contributed by atoms with Crippen molar-refractivity contribution in [3.8, 4) is 0 Å². The number of hydrogen-bond donors (Lipinski definition) is 1. The third-order valence-electron chi connectivity index (χ3n) is 5.44. The molecule has 1 amide bonds. The van der Waals surface area contributed by atoms with Gasteiger partial charge in [-0.05, 0) is 45.6 Å². The normalized spacial score (nSPS) is 16.2. The van der Waals surface area contributed by atoms with Crippen LogP contribution in [0.2, 0.25) is 0 Å². The highest BCUT2D eigenvalue weighted by atomic mass is 32.1. The number of nitrogens with one attached hydrogen (secondary N) is 1. The summed E-state index contributed by atoms with van der Waals surface area (Å²) in [6, 6.07) is 0.0864. The molecular weight excluding hydrogens is 376 g/mol. The number of piperidine rings is 1. The lowest BCUT2D eigenvalue weighted by Crippen LogP contribution is -2.39. The third kappa shape index (κ3) is 4.43. The van der Waals surface area contributed by atoms with E-state index in [-0.39, 0.29) is 30.4 Å². The van der Waals surface area contributed by atoms with Crippen LogP contribution >= 0.6 is 11.3 Å². The molecule has 0 unspecified atom stereocenters. The molecule has 2 aromatic heterocycles. The Hall–Kier alpha value is -2.22. The van der Waals surface area contributed by atoms with Gasteiger partial charge in [-0.2, -0.15) is 0 Å². The van der Waals surface area contributed by atoms with E-state index in [9.17, 15) is 9.59 Å². The van der Waals surface area contributed by atoms with Crippen LogP contribution in [0, 0.1) is 19.8 Å². The number of fused-ring (bicyclic) bond motifs is 1. The Morgan fingerprint density at radius 2 is 2.04 bits per heavy atom. The summed E-state index contributed by atoms with van der Waals surface area (Å²) in [4.78, 5) is 37.5. The molecule has 0 saturated carbocycles. The average Bonchev–Trinajstić information content (AvgIpc) is 3.00. The Bertz CT molecular complexity index is 858. The average molecular weight is 405 g/mol. The number of amides is 1. The van der Waals surface area contributed by atoms with Gasteiger partial charge >= 0.3 is 5.97 Å². The van der Waals surface area contributed by atoms with Crippen molar-refractivity contribution < 1.29 is 14.3 Å². The van der Waals surface area contributed by atoms with Crippen LogP contribution in [0.5, 0.6) is 0 Å². The number of esters is 1. The summed E-state index contributed by atoms with van der Waals surface area (Å²) in [6.45, 7) is 9.40. The van der Waals surface area contributed by atoms with Gasteiger partial charge in [0.1, 0.15) is 17.0 Å². The van der Waals surface area contributed by atoms with Crippen LogP contribution in [0.4, 0.5) is 5.82 Å². The quantitative estimate of drug-likeness (QED) is 0.745. The van der Waals surface area contributed by atoms with Crippen LogP contribution < -0.4 is 10.2 Å². The Morgan fingerprint density at radius 3 is 2.71 bits per heavy atom. The summed E-state index contributed by atoms with van der Waals surface area (Å²) < 4.78 is 5.23. The number of carbonyl (C=O) groups is 2. The highest BCUT2D eigenvalue weighted by Crippen LogP contribution is 2.35. The fourth-order valence-corrected chi connectivity index (χ4v) is 4.40. The number of nitrogens with zero attached hydrogens (tertiary/aromatic N) is 3. The van der Waals surface area contributed by atoms with Gasteiger partial charge in [0.15, 0.2) is 6.61 Å².